The Balaban J connectivity index is 1.68. The van der Waals surface area contributed by atoms with Crippen molar-refractivity contribution in [2.75, 3.05) is 0 Å². The SMILES string of the molecule is Cc1cccc(-n2ncc3ccc(-c4cccc([C@@H](C)N[S@+]([O-])C(C)(C)C)n4)cc32)n1. The van der Waals surface area contributed by atoms with E-state index in [2.05, 4.69) is 33.0 Å². The maximum absolute atomic E-state index is 12.5. The Kier molecular flexibility index (Phi) is 5.83. The second-order valence-electron chi connectivity index (χ2n) is 8.64. The van der Waals surface area contributed by atoms with Crippen molar-refractivity contribution in [3.63, 3.8) is 0 Å². The smallest absolute Gasteiger partial charge is 0.154 e. The molecule has 3 aromatic heterocycles. The van der Waals surface area contributed by atoms with Crippen molar-refractivity contribution in [3.05, 3.63) is 72.2 Å². The number of benzene rings is 1. The Bertz CT molecular complexity index is 1210. The first-order chi connectivity index (χ1) is 14.7. The number of aromatic nitrogens is 4. The van der Waals surface area contributed by atoms with Gasteiger partial charge < -0.3 is 4.55 Å². The highest BCUT2D eigenvalue weighted by molar-refractivity contribution is 7.90. The Morgan fingerprint density at radius 2 is 1.81 bits per heavy atom. The first-order valence-electron chi connectivity index (χ1n) is 10.3. The molecule has 160 valence electrons. The van der Waals surface area contributed by atoms with Crippen LogP contribution in [0.1, 0.15) is 45.1 Å². The highest BCUT2D eigenvalue weighted by Gasteiger charge is 2.28. The molecular formula is C24H27N5OS. The summed E-state index contributed by atoms with van der Waals surface area (Å²) < 4.78 is 17.2. The van der Waals surface area contributed by atoms with Gasteiger partial charge in [-0.05, 0) is 65.0 Å². The summed E-state index contributed by atoms with van der Waals surface area (Å²) in [4.78, 5) is 9.44. The van der Waals surface area contributed by atoms with Crippen LogP contribution in [0.4, 0.5) is 0 Å². The first-order valence-corrected chi connectivity index (χ1v) is 11.4. The van der Waals surface area contributed by atoms with E-state index in [1.807, 2.05) is 81.9 Å². The van der Waals surface area contributed by atoms with Crippen LogP contribution in [0.25, 0.3) is 28.0 Å². The highest BCUT2D eigenvalue weighted by atomic mass is 32.2. The van der Waals surface area contributed by atoms with E-state index in [0.29, 0.717) is 0 Å². The second kappa shape index (κ2) is 8.42. The number of hydrogen-bond acceptors (Lipinski definition) is 5. The van der Waals surface area contributed by atoms with Crippen molar-refractivity contribution in [1.29, 1.82) is 0 Å². The van der Waals surface area contributed by atoms with Crippen molar-refractivity contribution in [3.8, 4) is 17.1 Å². The van der Waals surface area contributed by atoms with E-state index in [9.17, 15) is 4.55 Å². The number of aryl methyl sites for hydroxylation is 1. The fraction of sp³-hybridized carbons (Fsp3) is 0.292. The molecule has 7 heteroatoms. The van der Waals surface area contributed by atoms with Crippen molar-refractivity contribution < 1.29 is 4.55 Å². The summed E-state index contributed by atoms with van der Waals surface area (Å²) in [6, 6.07) is 17.9. The van der Waals surface area contributed by atoms with E-state index in [0.717, 1.165) is 39.4 Å². The van der Waals surface area contributed by atoms with Crippen LogP contribution in [-0.4, -0.2) is 29.0 Å². The van der Waals surface area contributed by atoms with Crippen molar-refractivity contribution >= 4 is 22.3 Å². The lowest BCUT2D eigenvalue weighted by molar-refractivity contribution is 0.529. The van der Waals surface area contributed by atoms with Crippen molar-refractivity contribution in [2.24, 2.45) is 0 Å². The molecule has 4 rings (SSSR count). The topological polar surface area (TPSA) is 78.7 Å². The van der Waals surface area contributed by atoms with E-state index < -0.39 is 11.4 Å². The predicted molar refractivity (Wildman–Crippen MR) is 126 cm³/mol. The van der Waals surface area contributed by atoms with Gasteiger partial charge in [0.2, 0.25) is 0 Å². The normalized spacial score (nSPS) is 14.0. The lowest BCUT2D eigenvalue weighted by atomic mass is 10.1. The van der Waals surface area contributed by atoms with Crippen LogP contribution in [0, 0.1) is 6.92 Å². The van der Waals surface area contributed by atoms with Gasteiger partial charge in [-0.1, -0.05) is 24.3 Å². The number of nitrogens with one attached hydrogen (secondary N) is 1. The van der Waals surface area contributed by atoms with Gasteiger partial charge in [-0.25, -0.2) is 9.67 Å². The van der Waals surface area contributed by atoms with Crippen molar-refractivity contribution in [1.82, 2.24) is 24.5 Å². The van der Waals surface area contributed by atoms with Gasteiger partial charge in [-0.15, -0.1) is 4.72 Å². The second-order valence-corrected chi connectivity index (χ2v) is 10.6. The molecule has 1 aromatic carbocycles. The summed E-state index contributed by atoms with van der Waals surface area (Å²) in [5.41, 5.74) is 4.63. The van der Waals surface area contributed by atoms with E-state index in [1.165, 1.54) is 0 Å². The maximum atomic E-state index is 12.5. The zero-order valence-corrected chi connectivity index (χ0v) is 19.3. The van der Waals surface area contributed by atoms with Gasteiger partial charge in [0.25, 0.3) is 0 Å². The van der Waals surface area contributed by atoms with Crippen molar-refractivity contribution in [2.45, 2.75) is 45.4 Å². The van der Waals surface area contributed by atoms with Gasteiger partial charge in [-0.2, -0.15) is 5.10 Å². The predicted octanol–water partition coefficient (Wildman–Crippen LogP) is 4.90. The van der Waals surface area contributed by atoms with E-state index in [1.54, 1.807) is 0 Å². The molecule has 0 saturated carbocycles. The summed E-state index contributed by atoms with van der Waals surface area (Å²) in [5.74, 6) is 0.788. The lowest BCUT2D eigenvalue weighted by Gasteiger charge is -2.26. The molecule has 0 bridgehead atoms. The minimum atomic E-state index is -1.17. The average molecular weight is 434 g/mol. The van der Waals surface area contributed by atoms with Gasteiger partial charge >= 0.3 is 0 Å². The molecule has 4 aromatic rings. The molecule has 1 N–H and O–H groups in total. The highest BCUT2D eigenvalue weighted by Crippen LogP contribution is 2.26. The molecule has 0 spiro atoms. The van der Waals surface area contributed by atoms with E-state index in [-0.39, 0.29) is 10.8 Å². The van der Waals surface area contributed by atoms with Gasteiger partial charge in [-0.3, -0.25) is 4.98 Å². The quantitative estimate of drug-likeness (QED) is 0.453. The molecular weight excluding hydrogens is 406 g/mol. The van der Waals surface area contributed by atoms with Gasteiger partial charge in [0.1, 0.15) is 4.75 Å². The molecule has 6 nitrogen and oxygen atoms in total. The van der Waals surface area contributed by atoms with E-state index in [4.69, 9.17) is 4.98 Å². The van der Waals surface area contributed by atoms with Crippen LogP contribution in [0.3, 0.4) is 0 Å². The molecule has 2 atom stereocenters. The monoisotopic (exact) mass is 433 g/mol. The summed E-state index contributed by atoms with van der Waals surface area (Å²) in [6.45, 7) is 9.81. The van der Waals surface area contributed by atoms with Crippen LogP contribution < -0.4 is 4.72 Å². The summed E-state index contributed by atoms with van der Waals surface area (Å²) in [7, 11) is 0. The Morgan fingerprint density at radius 3 is 2.55 bits per heavy atom. The standard InChI is InChI=1S/C24H27N5OS/c1-16-8-6-11-23(26-16)29-22-14-18(12-13-19(22)15-25-29)21-10-7-9-20(27-21)17(2)28-31(30)24(3,4)5/h6-15,17,28H,1-5H3/t17-,31-/m1/s1. The Morgan fingerprint density at radius 1 is 1.03 bits per heavy atom. The number of hydrogen-bond donors (Lipinski definition) is 1. The molecule has 0 aliphatic rings. The molecule has 3 heterocycles. The van der Waals surface area contributed by atoms with E-state index >= 15 is 0 Å². The van der Waals surface area contributed by atoms with Crippen LogP contribution in [0.15, 0.2) is 60.8 Å². The van der Waals surface area contributed by atoms with Gasteiger partial charge in [0.15, 0.2) is 5.82 Å². The number of pyridine rings is 2. The van der Waals surface area contributed by atoms with Crippen LogP contribution in [0.2, 0.25) is 0 Å². The third-order valence-electron chi connectivity index (χ3n) is 5.01. The molecule has 0 aliphatic carbocycles. The molecule has 0 radical (unpaired) electrons. The summed E-state index contributed by atoms with van der Waals surface area (Å²) >= 11 is -1.17. The molecule has 31 heavy (non-hydrogen) atoms. The molecule has 0 aliphatic heterocycles. The van der Waals surface area contributed by atoms with Gasteiger partial charge in [0.05, 0.1) is 29.1 Å². The third-order valence-corrected chi connectivity index (χ3v) is 6.69. The fourth-order valence-corrected chi connectivity index (χ4v) is 4.05. The Hall–Kier alpha value is -2.74. The third kappa shape index (κ3) is 4.63. The van der Waals surface area contributed by atoms with Crippen LogP contribution in [0.5, 0.6) is 0 Å². The number of nitrogens with zero attached hydrogens (tertiary/aromatic N) is 4. The van der Waals surface area contributed by atoms with Crippen LogP contribution >= 0.6 is 0 Å². The van der Waals surface area contributed by atoms with Crippen LogP contribution in [-0.2, 0) is 11.4 Å². The van der Waals surface area contributed by atoms with Gasteiger partial charge in [0, 0.05) is 28.0 Å². The Labute approximate surface area is 186 Å². The molecule has 0 unspecified atom stereocenters. The largest absolute Gasteiger partial charge is 0.598 e. The lowest BCUT2D eigenvalue weighted by Crippen LogP contribution is -2.40. The summed E-state index contributed by atoms with van der Waals surface area (Å²) in [6.07, 6.45) is 1.85. The maximum Gasteiger partial charge on any atom is 0.154 e. The molecule has 0 fully saturated rings. The fourth-order valence-electron chi connectivity index (χ4n) is 3.26. The minimum Gasteiger partial charge on any atom is -0.598 e. The zero-order valence-electron chi connectivity index (χ0n) is 18.5. The molecule has 0 saturated heterocycles. The number of fused-ring (bicyclic) bond motifs is 1. The molecule has 0 amide bonds. The summed E-state index contributed by atoms with van der Waals surface area (Å²) in [5, 5.41) is 5.57. The average Bonchev–Trinajstić information content (AvgIpc) is 3.16. The minimum absolute atomic E-state index is 0.134. The number of rotatable bonds is 5. The first kappa shape index (κ1) is 21.5. The zero-order chi connectivity index (χ0) is 22.2.